The lowest BCUT2D eigenvalue weighted by Gasteiger charge is -2.20. The maximum Gasteiger partial charge on any atom is 0.221 e. The molecule has 1 heterocycles. The monoisotopic (exact) mass is 224 g/mol. The maximum absolute atomic E-state index is 11.4. The van der Waals surface area contributed by atoms with E-state index in [4.69, 9.17) is 0 Å². The molecule has 5 nitrogen and oxygen atoms in total. The van der Waals surface area contributed by atoms with Gasteiger partial charge in [0.1, 0.15) is 0 Å². The van der Waals surface area contributed by atoms with Crippen LogP contribution in [0.15, 0.2) is 12.3 Å². The second-order valence-corrected chi connectivity index (χ2v) is 4.81. The first-order valence-electron chi connectivity index (χ1n) is 5.47. The number of hydrogen-bond donors (Lipinski definition) is 3. The summed E-state index contributed by atoms with van der Waals surface area (Å²) in [5, 5.41) is 12.8. The Morgan fingerprint density at radius 3 is 2.81 bits per heavy atom. The standard InChI is InChI=1S/C11H20N4O/c1-11(2,3)14-10(16)5-6-12-8-9-4-7-13-15-9/h4,7,12H,5-6,8H2,1-3H3,(H,13,15)(H,14,16). The number of amides is 1. The molecule has 0 saturated carbocycles. The number of carbonyl (C=O) groups is 1. The van der Waals surface area contributed by atoms with Crippen LogP contribution in [0.1, 0.15) is 32.9 Å². The summed E-state index contributed by atoms with van der Waals surface area (Å²) in [7, 11) is 0. The second-order valence-electron chi connectivity index (χ2n) is 4.81. The van der Waals surface area contributed by atoms with Gasteiger partial charge in [0.15, 0.2) is 0 Å². The van der Waals surface area contributed by atoms with Crippen molar-refractivity contribution < 1.29 is 4.79 Å². The van der Waals surface area contributed by atoms with Crippen LogP contribution in [-0.4, -0.2) is 28.2 Å². The van der Waals surface area contributed by atoms with Crippen molar-refractivity contribution in [2.45, 2.75) is 39.3 Å². The van der Waals surface area contributed by atoms with E-state index < -0.39 is 0 Å². The third-order valence-corrected chi connectivity index (χ3v) is 1.92. The molecular formula is C11H20N4O. The van der Waals surface area contributed by atoms with Gasteiger partial charge in [0.25, 0.3) is 0 Å². The van der Waals surface area contributed by atoms with Crippen molar-refractivity contribution in [1.29, 1.82) is 0 Å². The maximum atomic E-state index is 11.4. The van der Waals surface area contributed by atoms with Crippen LogP contribution in [0.2, 0.25) is 0 Å². The summed E-state index contributed by atoms with van der Waals surface area (Å²) in [6.45, 7) is 7.30. The highest BCUT2D eigenvalue weighted by atomic mass is 16.1. The molecule has 90 valence electrons. The number of aromatic nitrogens is 2. The Morgan fingerprint density at radius 2 is 2.25 bits per heavy atom. The van der Waals surface area contributed by atoms with Gasteiger partial charge in [-0.1, -0.05) is 0 Å². The topological polar surface area (TPSA) is 69.8 Å². The van der Waals surface area contributed by atoms with E-state index in [0.717, 1.165) is 5.69 Å². The summed E-state index contributed by atoms with van der Waals surface area (Å²) in [5.74, 6) is 0.0737. The molecule has 16 heavy (non-hydrogen) atoms. The lowest BCUT2D eigenvalue weighted by Crippen LogP contribution is -2.41. The number of H-pyrrole nitrogens is 1. The quantitative estimate of drug-likeness (QED) is 0.648. The molecule has 1 amide bonds. The average Bonchev–Trinajstić information content (AvgIpc) is 2.62. The Bertz CT molecular complexity index is 313. The molecule has 0 aliphatic carbocycles. The lowest BCUT2D eigenvalue weighted by atomic mass is 10.1. The number of rotatable bonds is 5. The van der Waals surface area contributed by atoms with Crippen LogP contribution in [0.25, 0.3) is 0 Å². The van der Waals surface area contributed by atoms with Gasteiger partial charge in [0.05, 0.1) is 0 Å². The summed E-state index contributed by atoms with van der Waals surface area (Å²) in [6, 6.07) is 1.90. The number of nitrogens with zero attached hydrogens (tertiary/aromatic N) is 1. The summed E-state index contributed by atoms with van der Waals surface area (Å²) >= 11 is 0. The zero-order valence-corrected chi connectivity index (χ0v) is 10.1. The molecule has 0 atom stereocenters. The number of carbonyl (C=O) groups excluding carboxylic acids is 1. The first-order valence-corrected chi connectivity index (χ1v) is 5.47. The van der Waals surface area contributed by atoms with Crippen molar-refractivity contribution in [1.82, 2.24) is 20.8 Å². The van der Waals surface area contributed by atoms with Crippen LogP contribution >= 0.6 is 0 Å². The van der Waals surface area contributed by atoms with Gasteiger partial charge in [-0.05, 0) is 26.8 Å². The van der Waals surface area contributed by atoms with E-state index >= 15 is 0 Å². The highest BCUT2D eigenvalue weighted by Gasteiger charge is 2.12. The first kappa shape index (κ1) is 12.7. The van der Waals surface area contributed by atoms with Gasteiger partial charge in [-0.3, -0.25) is 9.89 Å². The Labute approximate surface area is 96.0 Å². The van der Waals surface area contributed by atoms with Gasteiger partial charge in [-0.15, -0.1) is 0 Å². The summed E-state index contributed by atoms with van der Waals surface area (Å²) in [4.78, 5) is 11.4. The predicted molar refractivity (Wildman–Crippen MR) is 62.8 cm³/mol. The summed E-state index contributed by atoms with van der Waals surface area (Å²) in [6.07, 6.45) is 2.20. The number of hydrogen-bond acceptors (Lipinski definition) is 3. The number of nitrogens with one attached hydrogen (secondary N) is 3. The molecule has 3 N–H and O–H groups in total. The molecule has 0 aliphatic heterocycles. The van der Waals surface area contributed by atoms with Gasteiger partial charge >= 0.3 is 0 Å². The highest BCUT2D eigenvalue weighted by molar-refractivity contribution is 5.76. The third-order valence-electron chi connectivity index (χ3n) is 1.92. The summed E-state index contributed by atoms with van der Waals surface area (Å²) in [5.41, 5.74) is 0.872. The lowest BCUT2D eigenvalue weighted by molar-refractivity contribution is -0.122. The van der Waals surface area contributed by atoms with Crippen LogP contribution in [0.5, 0.6) is 0 Å². The predicted octanol–water partition coefficient (Wildman–Crippen LogP) is 0.804. The van der Waals surface area contributed by atoms with Gasteiger partial charge in [-0.2, -0.15) is 5.10 Å². The van der Waals surface area contributed by atoms with E-state index in [1.54, 1.807) is 6.20 Å². The molecular weight excluding hydrogens is 204 g/mol. The van der Waals surface area contributed by atoms with Gasteiger partial charge in [0, 0.05) is 36.9 Å². The van der Waals surface area contributed by atoms with Crippen molar-refractivity contribution in [3.8, 4) is 0 Å². The Balaban J connectivity index is 2.09. The molecule has 0 saturated heterocycles. The molecule has 1 aromatic rings. The Morgan fingerprint density at radius 1 is 1.50 bits per heavy atom. The zero-order chi connectivity index (χ0) is 12.0. The fraction of sp³-hybridized carbons (Fsp3) is 0.636. The minimum Gasteiger partial charge on any atom is -0.351 e. The van der Waals surface area contributed by atoms with Gasteiger partial charge < -0.3 is 10.6 Å². The van der Waals surface area contributed by atoms with E-state index in [1.807, 2.05) is 26.8 Å². The van der Waals surface area contributed by atoms with Gasteiger partial charge in [0.2, 0.25) is 5.91 Å². The van der Waals surface area contributed by atoms with Crippen molar-refractivity contribution in [3.63, 3.8) is 0 Å². The van der Waals surface area contributed by atoms with E-state index in [0.29, 0.717) is 19.5 Å². The van der Waals surface area contributed by atoms with Crippen molar-refractivity contribution in [3.05, 3.63) is 18.0 Å². The summed E-state index contributed by atoms with van der Waals surface area (Å²) < 4.78 is 0. The molecule has 0 aromatic carbocycles. The SMILES string of the molecule is CC(C)(C)NC(=O)CCNCc1ccn[nH]1. The molecule has 0 aliphatic rings. The van der Waals surface area contributed by atoms with Crippen molar-refractivity contribution in [2.24, 2.45) is 0 Å². The van der Waals surface area contributed by atoms with Crippen LogP contribution in [0, 0.1) is 0 Å². The molecule has 0 radical (unpaired) electrons. The number of aromatic amines is 1. The van der Waals surface area contributed by atoms with E-state index in [-0.39, 0.29) is 11.4 Å². The van der Waals surface area contributed by atoms with Crippen LogP contribution in [0.4, 0.5) is 0 Å². The molecule has 0 spiro atoms. The fourth-order valence-electron chi connectivity index (χ4n) is 1.29. The van der Waals surface area contributed by atoms with E-state index in [2.05, 4.69) is 20.8 Å². The molecule has 0 fully saturated rings. The molecule has 5 heteroatoms. The molecule has 1 rings (SSSR count). The molecule has 1 aromatic heterocycles. The smallest absolute Gasteiger partial charge is 0.221 e. The largest absolute Gasteiger partial charge is 0.351 e. The molecule has 0 bridgehead atoms. The first-order chi connectivity index (χ1) is 7.47. The third kappa shape index (κ3) is 5.50. The van der Waals surface area contributed by atoms with E-state index in [1.165, 1.54) is 0 Å². The van der Waals surface area contributed by atoms with Crippen LogP contribution in [0.3, 0.4) is 0 Å². The minimum atomic E-state index is -0.152. The Kier molecular flexibility index (Phi) is 4.49. The Hall–Kier alpha value is -1.36. The van der Waals surface area contributed by atoms with Crippen LogP contribution in [-0.2, 0) is 11.3 Å². The average molecular weight is 224 g/mol. The normalized spacial score (nSPS) is 11.4. The highest BCUT2D eigenvalue weighted by Crippen LogP contribution is 1.98. The molecule has 0 unspecified atom stereocenters. The van der Waals surface area contributed by atoms with Gasteiger partial charge in [-0.25, -0.2) is 0 Å². The zero-order valence-electron chi connectivity index (χ0n) is 10.1. The van der Waals surface area contributed by atoms with Crippen LogP contribution < -0.4 is 10.6 Å². The van der Waals surface area contributed by atoms with Crippen molar-refractivity contribution in [2.75, 3.05) is 6.54 Å². The minimum absolute atomic E-state index is 0.0737. The van der Waals surface area contributed by atoms with E-state index in [9.17, 15) is 4.79 Å². The fourth-order valence-corrected chi connectivity index (χ4v) is 1.29. The second kappa shape index (κ2) is 5.65. The van der Waals surface area contributed by atoms with Crippen molar-refractivity contribution >= 4 is 5.91 Å².